The van der Waals surface area contributed by atoms with Crippen molar-refractivity contribution in [1.29, 1.82) is 0 Å². The lowest BCUT2D eigenvalue weighted by molar-refractivity contribution is 0.166. The normalized spacial score (nSPS) is 27.7. The molecule has 0 saturated carbocycles. The first kappa shape index (κ1) is 11.9. The highest BCUT2D eigenvalue weighted by atomic mass is 32.2. The smallest absolute Gasteiger partial charge is 0.150 e. The lowest BCUT2D eigenvalue weighted by Crippen LogP contribution is -2.31. The molecule has 1 rings (SSSR count). The zero-order valence-corrected chi connectivity index (χ0v) is 9.39. The van der Waals surface area contributed by atoms with Gasteiger partial charge >= 0.3 is 0 Å². The summed E-state index contributed by atoms with van der Waals surface area (Å²) in [5.74, 6) is 0.877. The van der Waals surface area contributed by atoms with Crippen molar-refractivity contribution in [3.8, 4) is 0 Å². The average molecular weight is 221 g/mol. The largest absolute Gasteiger partial charge is 0.392 e. The maximum atomic E-state index is 11.1. The third-order valence-corrected chi connectivity index (χ3v) is 4.45. The summed E-state index contributed by atoms with van der Waals surface area (Å²) in [5.41, 5.74) is 0. The summed E-state index contributed by atoms with van der Waals surface area (Å²) < 4.78 is 22.2. The van der Waals surface area contributed by atoms with Crippen LogP contribution in [0.1, 0.15) is 19.8 Å². The van der Waals surface area contributed by atoms with Gasteiger partial charge in [0.25, 0.3) is 0 Å². The molecule has 0 aromatic rings. The Hall–Kier alpha value is -0.130. The highest BCUT2D eigenvalue weighted by Gasteiger charge is 2.27. The monoisotopic (exact) mass is 221 g/mol. The number of sulfone groups is 1. The molecule has 0 aromatic carbocycles. The Kier molecular flexibility index (Phi) is 4.34. The van der Waals surface area contributed by atoms with Gasteiger partial charge in [-0.3, -0.25) is 0 Å². The molecule has 0 bridgehead atoms. The van der Waals surface area contributed by atoms with Crippen LogP contribution in [-0.4, -0.2) is 44.2 Å². The second kappa shape index (κ2) is 5.09. The molecule has 1 saturated heterocycles. The van der Waals surface area contributed by atoms with Gasteiger partial charge < -0.3 is 10.4 Å². The van der Waals surface area contributed by atoms with Crippen LogP contribution in [-0.2, 0) is 9.84 Å². The van der Waals surface area contributed by atoms with Crippen molar-refractivity contribution in [3.05, 3.63) is 0 Å². The number of hydrogen-bond donors (Lipinski definition) is 2. The molecule has 0 aromatic heterocycles. The lowest BCUT2D eigenvalue weighted by atomic mass is 10.1. The van der Waals surface area contributed by atoms with E-state index in [2.05, 4.69) is 5.32 Å². The van der Waals surface area contributed by atoms with E-state index in [1.807, 2.05) is 6.92 Å². The number of nitrogens with one attached hydrogen (secondary N) is 1. The van der Waals surface area contributed by atoms with Gasteiger partial charge in [0.2, 0.25) is 0 Å². The molecule has 0 spiro atoms. The molecule has 2 unspecified atom stereocenters. The van der Waals surface area contributed by atoms with Gasteiger partial charge in [-0.25, -0.2) is 8.42 Å². The molecule has 4 nitrogen and oxygen atoms in total. The fourth-order valence-electron chi connectivity index (χ4n) is 1.63. The molecule has 5 heteroatoms. The summed E-state index contributed by atoms with van der Waals surface area (Å²) in [7, 11) is -2.75. The third-order valence-electron chi connectivity index (χ3n) is 2.61. The first-order valence-electron chi connectivity index (χ1n) is 5.12. The Morgan fingerprint density at radius 2 is 2.29 bits per heavy atom. The first-order valence-corrected chi connectivity index (χ1v) is 6.95. The molecule has 0 radical (unpaired) electrons. The van der Waals surface area contributed by atoms with Crippen LogP contribution in [0.5, 0.6) is 0 Å². The maximum absolute atomic E-state index is 11.1. The quantitative estimate of drug-likeness (QED) is 0.673. The third kappa shape index (κ3) is 3.94. The van der Waals surface area contributed by atoms with Gasteiger partial charge in [0.05, 0.1) is 17.6 Å². The Labute approximate surface area is 85.6 Å². The van der Waals surface area contributed by atoms with Crippen molar-refractivity contribution in [2.45, 2.75) is 25.9 Å². The number of hydrogen-bond acceptors (Lipinski definition) is 4. The van der Waals surface area contributed by atoms with Gasteiger partial charge in [-0.1, -0.05) is 6.92 Å². The summed E-state index contributed by atoms with van der Waals surface area (Å²) in [6, 6.07) is 0. The predicted molar refractivity (Wildman–Crippen MR) is 55.9 cm³/mol. The molecule has 1 heterocycles. The van der Waals surface area contributed by atoms with Crippen molar-refractivity contribution in [1.82, 2.24) is 5.32 Å². The van der Waals surface area contributed by atoms with E-state index in [0.717, 1.165) is 12.8 Å². The first-order chi connectivity index (χ1) is 6.53. The van der Waals surface area contributed by atoms with E-state index < -0.39 is 9.84 Å². The average Bonchev–Trinajstić information content (AvgIpc) is 2.45. The predicted octanol–water partition coefficient (Wildman–Crippen LogP) is -0.218. The van der Waals surface area contributed by atoms with Gasteiger partial charge in [0.1, 0.15) is 0 Å². The van der Waals surface area contributed by atoms with Crippen molar-refractivity contribution in [2.24, 2.45) is 5.92 Å². The van der Waals surface area contributed by atoms with Gasteiger partial charge in [0, 0.05) is 6.54 Å². The fraction of sp³-hybridized carbons (Fsp3) is 1.00. The van der Waals surface area contributed by atoms with Crippen LogP contribution in [0.25, 0.3) is 0 Å². The van der Waals surface area contributed by atoms with E-state index >= 15 is 0 Å². The minimum Gasteiger partial charge on any atom is -0.392 e. The standard InChI is InChI=1S/C9H19NO3S/c1-2-9(11)6-10-5-8-3-4-14(12,13)7-8/h8-11H,2-7H2,1H3. The molecule has 1 fully saturated rings. The van der Waals surface area contributed by atoms with Crippen LogP contribution in [0, 0.1) is 5.92 Å². The number of aliphatic hydroxyl groups excluding tert-OH is 1. The number of rotatable bonds is 5. The summed E-state index contributed by atoms with van der Waals surface area (Å²) in [5, 5.41) is 12.4. The molecule has 84 valence electrons. The van der Waals surface area contributed by atoms with Crippen molar-refractivity contribution in [3.63, 3.8) is 0 Å². The molecule has 1 aliphatic heterocycles. The molecule has 2 N–H and O–H groups in total. The molecular weight excluding hydrogens is 202 g/mol. The Balaban J connectivity index is 2.15. The number of aliphatic hydroxyl groups is 1. The molecule has 0 amide bonds. The van der Waals surface area contributed by atoms with E-state index in [-0.39, 0.29) is 12.0 Å². The van der Waals surface area contributed by atoms with Crippen LogP contribution < -0.4 is 5.32 Å². The van der Waals surface area contributed by atoms with Crippen LogP contribution >= 0.6 is 0 Å². The van der Waals surface area contributed by atoms with Crippen LogP contribution in [0.3, 0.4) is 0 Å². The van der Waals surface area contributed by atoms with Gasteiger partial charge in [-0.05, 0) is 25.3 Å². The molecule has 0 aliphatic carbocycles. The SMILES string of the molecule is CCC(O)CNCC1CCS(=O)(=O)C1. The van der Waals surface area contributed by atoms with Crippen LogP contribution in [0.4, 0.5) is 0 Å². The van der Waals surface area contributed by atoms with Crippen molar-refractivity contribution >= 4 is 9.84 Å². The summed E-state index contributed by atoms with van der Waals surface area (Å²) in [6.07, 6.45) is 1.18. The second-order valence-corrected chi connectivity index (χ2v) is 6.22. The highest BCUT2D eigenvalue weighted by molar-refractivity contribution is 7.91. The Bertz CT molecular complexity index is 263. The zero-order chi connectivity index (χ0) is 10.6. The van der Waals surface area contributed by atoms with E-state index in [4.69, 9.17) is 0 Å². The van der Waals surface area contributed by atoms with Crippen LogP contribution in [0.2, 0.25) is 0 Å². The van der Waals surface area contributed by atoms with E-state index in [0.29, 0.717) is 24.6 Å². The van der Waals surface area contributed by atoms with E-state index in [1.54, 1.807) is 0 Å². The molecule has 1 aliphatic rings. The zero-order valence-electron chi connectivity index (χ0n) is 8.57. The van der Waals surface area contributed by atoms with Crippen LogP contribution in [0.15, 0.2) is 0 Å². The van der Waals surface area contributed by atoms with Crippen molar-refractivity contribution in [2.75, 3.05) is 24.6 Å². The fourth-order valence-corrected chi connectivity index (χ4v) is 3.49. The maximum Gasteiger partial charge on any atom is 0.150 e. The minimum atomic E-state index is -2.75. The summed E-state index contributed by atoms with van der Waals surface area (Å²) in [4.78, 5) is 0. The lowest BCUT2D eigenvalue weighted by Gasteiger charge is -2.12. The van der Waals surface area contributed by atoms with E-state index in [9.17, 15) is 13.5 Å². The van der Waals surface area contributed by atoms with Gasteiger partial charge in [-0.2, -0.15) is 0 Å². The summed E-state index contributed by atoms with van der Waals surface area (Å²) >= 11 is 0. The van der Waals surface area contributed by atoms with Gasteiger partial charge in [-0.15, -0.1) is 0 Å². The molecule has 14 heavy (non-hydrogen) atoms. The minimum absolute atomic E-state index is 0.240. The molecular formula is C9H19NO3S. The van der Waals surface area contributed by atoms with Gasteiger partial charge in [0.15, 0.2) is 9.84 Å². The summed E-state index contributed by atoms with van der Waals surface area (Å²) in [6.45, 7) is 3.19. The molecule has 2 atom stereocenters. The Morgan fingerprint density at radius 3 is 2.79 bits per heavy atom. The topological polar surface area (TPSA) is 66.4 Å². The second-order valence-electron chi connectivity index (χ2n) is 3.99. The Morgan fingerprint density at radius 1 is 1.57 bits per heavy atom. The van der Waals surface area contributed by atoms with E-state index in [1.165, 1.54) is 0 Å². The highest BCUT2D eigenvalue weighted by Crippen LogP contribution is 2.17. The van der Waals surface area contributed by atoms with Crippen molar-refractivity contribution < 1.29 is 13.5 Å².